The van der Waals surface area contributed by atoms with Gasteiger partial charge in [-0.25, -0.2) is 0 Å². The number of thiophene rings is 1. The van der Waals surface area contributed by atoms with Crippen molar-refractivity contribution in [1.29, 1.82) is 0 Å². The van der Waals surface area contributed by atoms with Gasteiger partial charge < -0.3 is 9.84 Å². The molecular formula is C10H14O2S. The Labute approximate surface area is 82.2 Å². The number of aryl methyl sites for hydroxylation is 1. The van der Waals surface area contributed by atoms with Crippen molar-refractivity contribution in [3.05, 3.63) is 22.4 Å². The average Bonchev–Trinajstić information content (AvgIpc) is 2.72. The molecule has 13 heavy (non-hydrogen) atoms. The van der Waals surface area contributed by atoms with Crippen molar-refractivity contribution >= 4 is 11.3 Å². The summed E-state index contributed by atoms with van der Waals surface area (Å²) >= 11 is 1.75. The van der Waals surface area contributed by atoms with Gasteiger partial charge >= 0.3 is 0 Å². The van der Waals surface area contributed by atoms with Crippen molar-refractivity contribution in [1.82, 2.24) is 0 Å². The standard InChI is InChI=1S/C10H14O2S/c11-10(5-6-12-8-10)4-3-9-2-1-7-13-9/h1-2,7,11H,3-6,8H2. The zero-order valence-electron chi connectivity index (χ0n) is 7.53. The van der Waals surface area contributed by atoms with E-state index >= 15 is 0 Å². The maximum Gasteiger partial charge on any atom is 0.0905 e. The Morgan fingerprint density at radius 3 is 3.15 bits per heavy atom. The first-order chi connectivity index (χ1) is 6.29. The van der Waals surface area contributed by atoms with E-state index in [1.807, 2.05) is 0 Å². The first-order valence-electron chi connectivity index (χ1n) is 4.61. The van der Waals surface area contributed by atoms with Gasteiger partial charge in [-0.2, -0.15) is 0 Å². The van der Waals surface area contributed by atoms with Crippen LogP contribution in [-0.4, -0.2) is 23.9 Å². The molecule has 1 aliphatic heterocycles. The SMILES string of the molecule is OC1(CCc2cccs2)CCOC1. The van der Waals surface area contributed by atoms with Crippen LogP contribution in [0.1, 0.15) is 17.7 Å². The van der Waals surface area contributed by atoms with Gasteiger partial charge in [0, 0.05) is 17.9 Å². The van der Waals surface area contributed by atoms with Crippen molar-refractivity contribution in [3.8, 4) is 0 Å². The normalized spacial score (nSPS) is 28.1. The first kappa shape index (κ1) is 9.19. The molecule has 1 unspecified atom stereocenters. The van der Waals surface area contributed by atoms with Gasteiger partial charge in [0.25, 0.3) is 0 Å². The van der Waals surface area contributed by atoms with E-state index < -0.39 is 5.60 Å². The second-order valence-electron chi connectivity index (χ2n) is 3.61. The molecule has 3 heteroatoms. The van der Waals surface area contributed by atoms with E-state index in [0.29, 0.717) is 13.2 Å². The predicted molar refractivity (Wildman–Crippen MR) is 53.0 cm³/mol. The van der Waals surface area contributed by atoms with Gasteiger partial charge in [0.2, 0.25) is 0 Å². The average molecular weight is 198 g/mol. The third kappa shape index (κ3) is 2.30. The van der Waals surface area contributed by atoms with E-state index in [0.717, 1.165) is 19.3 Å². The summed E-state index contributed by atoms with van der Waals surface area (Å²) in [5, 5.41) is 12.0. The number of rotatable bonds is 3. The number of hydrogen-bond acceptors (Lipinski definition) is 3. The molecule has 0 radical (unpaired) electrons. The second-order valence-corrected chi connectivity index (χ2v) is 4.64. The van der Waals surface area contributed by atoms with E-state index in [1.54, 1.807) is 11.3 Å². The maximum atomic E-state index is 9.97. The third-order valence-corrected chi connectivity index (χ3v) is 3.44. The largest absolute Gasteiger partial charge is 0.387 e. The molecule has 2 nitrogen and oxygen atoms in total. The van der Waals surface area contributed by atoms with E-state index in [1.165, 1.54) is 4.88 Å². The third-order valence-electron chi connectivity index (χ3n) is 2.50. The van der Waals surface area contributed by atoms with E-state index in [-0.39, 0.29) is 0 Å². The molecule has 1 aromatic heterocycles. The van der Waals surface area contributed by atoms with Gasteiger partial charge in [0.1, 0.15) is 0 Å². The number of aliphatic hydroxyl groups is 1. The lowest BCUT2D eigenvalue weighted by molar-refractivity contribution is 0.0197. The lowest BCUT2D eigenvalue weighted by atomic mass is 9.97. The molecule has 0 amide bonds. The molecular weight excluding hydrogens is 184 g/mol. The summed E-state index contributed by atoms with van der Waals surface area (Å²) < 4.78 is 5.18. The Balaban J connectivity index is 1.85. The minimum absolute atomic E-state index is 0.512. The molecule has 72 valence electrons. The molecule has 0 bridgehead atoms. The summed E-state index contributed by atoms with van der Waals surface area (Å²) in [4.78, 5) is 1.35. The quantitative estimate of drug-likeness (QED) is 0.803. The van der Waals surface area contributed by atoms with Crippen molar-refractivity contribution in [2.45, 2.75) is 24.9 Å². The summed E-state index contributed by atoms with van der Waals surface area (Å²) in [6.07, 6.45) is 2.59. The van der Waals surface area contributed by atoms with Crippen molar-refractivity contribution in [3.63, 3.8) is 0 Å². The van der Waals surface area contributed by atoms with Crippen LogP contribution in [0.2, 0.25) is 0 Å². The van der Waals surface area contributed by atoms with Crippen LogP contribution in [0.5, 0.6) is 0 Å². The lowest BCUT2D eigenvalue weighted by Gasteiger charge is -2.19. The zero-order chi connectivity index (χ0) is 9.15. The molecule has 0 saturated carbocycles. The van der Waals surface area contributed by atoms with Gasteiger partial charge in [0.15, 0.2) is 0 Å². The molecule has 2 heterocycles. The monoisotopic (exact) mass is 198 g/mol. The fourth-order valence-corrected chi connectivity index (χ4v) is 2.31. The lowest BCUT2D eigenvalue weighted by Crippen LogP contribution is -2.29. The van der Waals surface area contributed by atoms with Crippen LogP contribution in [-0.2, 0) is 11.2 Å². The summed E-state index contributed by atoms with van der Waals surface area (Å²) in [6, 6.07) is 4.17. The van der Waals surface area contributed by atoms with Gasteiger partial charge in [0.05, 0.1) is 12.2 Å². The molecule has 1 N–H and O–H groups in total. The molecule has 2 rings (SSSR count). The summed E-state index contributed by atoms with van der Waals surface area (Å²) in [7, 11) is 0. The Hall–Kier alpha value is -0.380. The van der Waals surface area contributed by atoms with E-state index in [9.17, 15) is 5.11 Å². The van der Waals surface area contributed by atoms with Crippen LogP contribution in [0.25, 0.3) is 0 Å². The van der Waals surface area contributed by atoms with Crippen LogP contribution in [0.15, 0.2) is 17.5 Å². The molecule has 1 fully saturated rings. The summed E-state index contributed by atoms with van der Waals surface area (Å²) in [5.41, 5.74) is -0.552. The van der Waals surface area contributed by atoms with Gasteiger partial charge in [-0.1, -0.05) is 6.07 Å². The Kier molecular flexibility index (Phi) is 2.67. The maximum absolute atomic E-state index is 9.97. The Bertz CT molecular complexity index is 250. The molecule has 1 atom stereocenters. The van der Waals surface area contributed by atoms with E-state index in [4.69, 9.17) is 4.74 Å². The fourth-order valence-electron chi connectivity index (χ4n) is 1.60. The number of ether oxygens (including phenoxy) is 1. The van der Waals surface area contributed by atoms with Crippen LogP contribution in [0.3, 0.4) is 0 Å². The highest BCUT2D eigenvalue weighted by molar-refractivity contribution is 7.09. The van der Waals surface area contributed by atoms with Gasteiger partial charge in [-0.15, -0.1) is 11.3 Å². The minimum Gasteiger partial charge on any atom is -0.387 e. The second kappa shape index (κ2) is 3.78. The highest BCUT2D eigenvalue weighted by Crippen LogP contribution is 2.25. The van der Waals surface area contributed by atoms with Crippen molar-refractivity contribution < 1.29 is 9.84 Å². The molecule has 1 saturated heterocycles. The highest BCUT2D eigenvalue weighted by Gasteiger charge is 2.31. The Morgan fingerprint density at radius 1 is 1.62 bits per heavy atom. The van der Waals surface area contributed by atoms with Gasteiger partial charge in [-0.3, -0.25) is 0 Å². The molecule has 1 aromatic rings. The topological polar surface area (TPSA) is 29.5 Å². The highest BCUT2D eigenvalue weighted by atomic mass is 32.1. The van der Waals surface area contributed by atoms with Crippen LogP contribution in [0, 0.1) is 0 Å². The smallest absolute Gasteiger partial charge is 0.0905 e. The fraction of sp³-hybridized carbons (Fsp3) is 0.600. The van der Waals surface area contributed by atoms with Crippen molar-refractivity contribution in [2.75, 3.05) is 13.2 Å². The number of hydrogen-bond donors (Lipinski definition) is 1. The zero-order valence-corrected chi connectivity index (χ0v) is 8.35. The minimum atomic E-state index is -0.552. The van der Waals surface area contributed by atoms with Crippen LogP contribution < -0.4 is 0 Å². The molecule has 0 spiro atoms. The first-order valence-corrected chi connectivity index (χ1v) is 5.49. The molecule has 0 aliphatic carbocycles. The molecule has 1 aliphatic rings. The van der Waals surface area contributed by atoms with Crippen molar-refractivity contribution in [2.24, 2.45) is 0 Å². The summed E-state index contributed by atoms with van der Waals surface area (Å²) in [6.45, 7) is 1.22. The van der Waals surface area contributed by atoms with E-state index in [2.05, 4.69) is 17.5 Å². The van der Waals surface area contributed by atoms with Gasteiger partial charge in [-0.05, 0) is 24.3 Å². The summed E-state index contributed by atoms with van der Waals surface area (Å²) in [5.74, 6) is 0. The molecule has 0 aromatic carbocycles. The predicted octanol–water partition coefficient (Wildman–Crippen LogP) is 1.83. The van der Waals surface area contributed by atoms with Crippen LogP contribution >= 0.6 is 11.3 Å². The Morgan fingerprint density at radius 2 is 2.54 bits per heavy atom. The van der Waals surface area contributed by atoms with Crippen LogP contribution in [0.4, 0.5) is 0 Å².